The Hall–Kier alpha value is -0.770. The van der Waals surface area contributed by atoms with E-state index in [-0.39, 0.29) is 18.2 Å². The molecule has 0 aromatic rings. The second kappa shape index (κ2) is 6.38. The largest absolute Gasteiger partial charge is 0.444 e. The van der Waals surface area contributed by atoms with Crippen LogP contribution in [0.15, 0.2) is 0 Å². The van der Waals surface area contributed by atoms with Crippen molar-refractivity contribution < 1.29 is 14.6 Å². The Morgan fingerprint density at radius 3 is 2.27 bits per heavy atom. The first-order chi connectivity index (χ1) is 10.1. The number of fused-ring (bicyclic) bond motifs is 2. The average Bonchev–Trinajstić information content (AvgIpc) is 2.60. The SMILES string of the molecule is CC(C)CCCC1(O)CC2CCC(C1)N2C(=O)OC(C)(C)C. The Morgan fingerprint density at radius 1 is 1.27 bits per heavy atom. The topological polar surface area (TPSA) is 49.8 Å². The summed E-state index contributed by atoms with van der Waals surface area (Å²) >= 11 is 0. The minimum absolute atomic E-state index is 0.151. The predicted octanol–water partition coefficient (Wildman–Crippen LogP) is 4.11. The number of aliphatic hydroxyl groups is 1. The van der Waals surface area contributed by atoms with Gasteiger partial charge < -0.3 is 14.7 Å². The van der Waals surface area contributed by atoms with Crippen LogP contribution in [0.4, 0.5) is 4.79 Å². The highest BCUT2D eigenvalue weighted by molar-refractivity contribution is 5.69. The molecule has 1 amide bonds. The quantitative estimate of drug-likeness (QED) is 0.850. The van der Waals surface area contributed by atoms with Gasteiger partial charge in [0.25, 0.3) is 0 Å². The number of carbonyl (C=O) groups is 1. The second-order valence-electron chi connectivity index (χ2n) is 8.69. The van der Waals surface area contributed by atoms with E-state index in [0.29, 0.717) is 18.8 Å². The highest BCUT2D eigenvalue weighted by Gasteiger charge is 2.49. The number of rotatable bonds is 4. The van der Waals surface area contributed by atoms with Gasteiger partial charge in [-0.05, 0) is 58.8 Å². The maximum absolute atomic E-state index is 12.4. The summed E-state index contributed by atoms with van der Waals surface area (Å²) in [4.78, 5) is 14.3. The van der Waals surface area contributed by atoms with Crippen molar-refractivity contribution in [3.63, 3.8) is 0 Å². The van der Waals surface area contributed by atoms with Gasteiger partial charge >= 0.3 is 6.09 Å². The maximum Gasteiger partial charge on any atom is 0.410 e. The standard InChI is InChI=1S/C18H33NO3/c1-13(2)7-6-10-18(21)11-14-8-9-15(12-18)19(14)16(20)22-17(3,4)5/h13-15,21H,6-12H2,1-5H3. The Kier molecular flexibility index (Phi) is 5.10. The number of hydrogen-bond acceptors (Lipinski definition) is 3. The molecule has 0 aromatic heterocycles. The molecule has 4 nitrogen and oxygen atoms in total. The molecule has 0 radical (unpaired) electrons. The average molecular weight is 311 g/mol. The summed E-state index contributed by atoms with van der Waals surface area (Å²) in [6.45, 7) is 10.1. The summed E-state index contributed by atoms with van der Waals surface area (Å²) in [5.41, 5.74) is -1.04. The van der Waals surface area contributed by atoms with Gasteiger partial charge in [-0.25, -0.2) is 4.79 Å². The lowest BCUT2D eigenvalue weighted by Crippen LogP contribution is -2.54. The maximum atomic E-state index is 12.4. The first kappa shape index (κ1) is 17.6. The molecule has 2 bridgehead atoms. The molecule has 0 spiro atoms. The zero-order valence-electron chi connectivity index (χ0n) is 14.9. The van der Waals surface area contributed by atoms with Crippen molar-refractivity contribution in [1.82, 2.24) is 4.90 Å². The van der Waals surface area contributed by atoms with Crippen LogP contribution in [-0.4, -0.2) is 39.4 Å². The zero-order chi connectivity index (χ0) is 16.5. The van der Waals surface area contributed by atoms with E-state index in [2.05, 4.69) is 13.8 Å². The zero-order valence-corrected chi connectivity index (χ0v) is 14.9. The van der Waals surface area contributed by atoms with Crippen molar-refractivity contribution in [2.24, 2.45) is 5.92 Å². The van der Waals surface area contributed by atoms with Gasteiger partial charge in [0.05, 0.1) is 5.60 Å². The summed E-state index contributed by atoms with van der Waals surface area (Å²) in [7, 11) is 0. The molecular weight excluding hydrogens is 278 g/mol. The van der Waals surface area contributed by atoms with Crippen molar-refractivity contribution in [3.8, 4) is 0 Å². The highest BCUT2D eigenvalue weighted by atomic mass is 16.6. The van der Waals surface area contributed by atoms with Crippen molar-refractivity contribution in [1.29, 1.82) is 0 Å². The summed E-state index contributed by atoms with van der Waals surface area (Å²) in [6.07, 6.45) is 6.30. The van der Waals surface area contributed by atoms with Crippen LogP contribution in [0.1, 0.15) is 79.6 Å². The Labute approximate surface area is 135 Å². The molecule has 2 saturated heterocycles. The third kappa shape index (κ3) is 4.37. The minimum atomic E-state index is -0.584. The molecule has 128 valence electrons. The van der Waals surface area contributed by atoms with E-state index >= 15 is 0 Å². The number of carbonyl (C=O) groups excluding carboxylic acids is 1. The molecule has 2 fully saturated rings. The molecule has 2 unspecified atom stereocenters. The number of amides is 1. The summed E-state index contributed by atoms with van der Waals surface area (Å²) < 4.78 is 5.54. The summed E-state index contributed by atoms with van der Waals surface area (Å²) in [6, 6.07) is 0.301. The lowest BCUT2D eigenvalue weighted by atomic mass is 9.82. The van der Waals surface area contributed by atoms with E-state index < -0.39 is 11.2 Å². The van der Waals surface area contributed by atoms with Crippen molar-refractivity contribution in [2.45, 2.75) is 103 Å². The van der Waals surface area contributed by atoms with E-state index in [1.165, 1.54) is 0 Å². The smallest absolute Gasteiger partial charge is 0.410 e. The minimum Gasteiger partial charge on any atom is -0.444 e. The van der Waals surface area contributed by atoms with Gasteiger partial charge in [0.2, 0.25) is 0 Å². The van der Waals surface area contributed by atoms with Gasteiger partial charge in [0, 0.05) is 12.1 Å². The van der Waals surface area contributed by atoms with E-state index in [9.17, 15) is 9.90 Å². The number of piperidine rings is 1. The van der Waals surface area contributed by atoms with Crippen LogP contribution in [-0.2, 0) is 4.74 Å². The molecule has 1 N–H and O–H groups in total. The molecule has 2 aliphatic rings. The fourth-order valence-corrected chi connectivity index (χ4v) is 3.98. The molecular formula is C18H33NO3. The van der Waals surface area contributed by atoms with Crippen LogP contribution in [0.3, 0.4) is 0 Å². The first-order valence-corrected chi connectivity index (χ1v) is 8.83. The van der Waals surface area contributed by atoms with Crippen molar-refractivity contribution in [3.05, 3.63) is 0 Å². The van der Waals surface area contributed by atoms with E-state index in [1.54, 1.807) is 0 Å². The first-order valence-electron chi connectivity index (χ1n) is 8.83. The van der Waals surface area contributed by atoms with Gasteiger partial charge in [-0.3, -0.25) is 0 Å². The van der Waals surface area contributed by atoms with Gasteiger partial charge in [0.15, 0.2) is 0 Å². The monoisotopic (exact) mass is 311 g/mol. The van der Waals surface area contributed by atoms with E-state index in [4.69, 9.17) is 4.74 Å². The molecule has 2 aliphatic heterocycles. The van der Waals surface area contributed by atoms with Crippen LogP contribution >= 0.6 is 0 Å². The van der Waals surface area contributed by atoms with Gasteiger partial charge in [-0.15, -0.1) is 0 Å². The number of hydrogen-bond donors (Lipinski definition) is 1. The van der Waals surface area contributed by atoms with Gasteiger partial charge in [-0.1, -0.05) is 26.7 Å². The molecule has 2 heterocycles. The van der Waals surface area contributed by atoms with Crippen LogP contribution in [0.5, 0.6) is 0 Å². The molecule has 2 rings (SSSR count). The third-order valence-corrected chi connectivity index (χ3v) is 4.88. The summed E-state index contributed by atoms with van der Waals surface area (Å²) in [5, 5.41) is 10.9. The molecule has 4 heteroatoms. The molecule has 0 aliphatic carbocycles. The van der Waals surface area contributed by atoms with Crippen molar-refractivity contribution in [2.75, 3.05) is 0 Å². The van der Waals surface area contributed by atoms with Crippen LogP contribution in [0.2, 0.25) is 0 Å². The van der Waals surface area contributed by atoms with E-state index in [0.717, 1.165) is 32.1 Å². The van der Waals surface area contributed by atoms with Crippen molar-refractivity contribution >= 4 is 6.09 Å². The second-order valence-corrected chi connectivity index (χ2v) is 8.69. The fourth-order valence-electron chi connectivity index (χ4n) is 3.98. The normalized spacial score (nSPS) is 31.7. The predicted molar refractivity (Wildman–Crippen MR) is 87.8 cm³/mol. The Morgan fingerprint density at radius 2 is 1.82 bits per heavy atom. The third-order valence-electron chi connectivity index (χ3n) is 4.88. The number of nitrogens with zero attached hydrogens (tertiary/aromatic N) is 1. The molecule has 0 aromatic carbocycles. The Bertz CT molecular complexity index is 386. The molecule has 0 saturated carbocycles. The fraction of sp³-hybridized carbons (Fsp3) is 0.944. The lowest BCUT2D eigenvalue weighted by molar-refractivity contribution is -0.0637. The molecule has 2 atom stereocenters. The number of ether oxygens (including phenoxy) is 1. The summed E-state index contributed by atoms with van der Waals surface area (Å²) in [5.74, 6) is 0.683. The van der Waals surface area contributed by atoms with Crippen LogP contribution < -0.4 is 0 Å². The highest BCUT2D eigenvalue weighted by Crippen LogP contribution is 2.43. The molecule has 22 heavy (non-hydrogen) atoms. The van der Waals surface area contributed by atoms with Gasteiger partial charge in [-0.2, -0.15) is 0 Å². The van der Waals surface area contributed by atoms with Crippen LogP contribution in [0, 0.1) is 5.92 Å². The van der Waals surface area contributed by atoms with E-state index in [1.807, 2.05) is 25.7 Å². The lowest BCUT2D eigenvalue weighted by Gasteiger charge is -2.44. The Balaban J connectivity index is 1.95. The van der Waals surface area contributed by atoms with Crippen LogP contribution in [0.25, 0.3) is 0 Å². The van der Waals surface area contributed by atoms with Gasteiger partial charge in [0.1, 0.15) is 5.60 Å².